The van der Waals surface area contributed by atoms with Gasteiger partial charge in [0.2, 0.25) is 0 Å². The molecular formula is C19H28FNO5. The summed E-state index contributed by atoms with van der Waals surface area (Å²) in [5.74, 6) is -1.86. The number of rotatable bonds is 9. The monoisotopic (exact) mass is 369 g/mol. The van der Waals surface area contributed by atoms with Crippen LogP contribution in [0.1, 0.15) is 52.0 Å². The quantitative estimate of drug-likeness (QED) is 0.581. The summed E-state index contributed by atoms with van der Waals surface area (Å²) < 4.78 is 19.5. The fourth-order valence-corrected chi connectivity index (χ4v) is 2.72. The van der Waals surface area contributed by atoms with Gasteiger partial charge in [0.25, 0.3) is 0 Å². The first-order valence-corrected chi connectivity index (χ1v) is 8.68. The molecule has 1 atom stereocenters. The number of alkyl carbamates (subject to hydrolysis) is 1. The molecule has 1 unspecified atom stereocenters. The molecule has 0 saturated carbocycles. The van der Waals surface area contributed by atoms with E-state index in [1.54, 1.807) is 26.8 Å². The third-order valence-electron chi connectivity index (χ3n) is 3.99. The Hall–Kier alpha value is -2.15. The lowest BCUT2D eigenvalue weighted by Crippen LogP contribution is -2.48. The number of carboxylic acids is 1. The van der Waals surface area contributed by atoms with Crippen LogP contribution in [0.25, 0.3) is 0 Å². The van der Waals surface area contributed by atoms with Gasteiger partial charge in [-0.05, 0) is 39.7 Å². The highest BCUT2D eigenvalue weighted by Crippen LogP contribution is 2.32. The van der Waals surface area contributed by atoms with Gasteiger partial charge in [0.05, 0.1) is 0 Å². The summed E-state index contributed by atoms with van der Waals surface area (Å²) in [5.41, 5.74) is -2.32. The van der Waals surface area contributed by atoms with Crippen molar-refractivity contribution >= 4 is 12.1 Å². The van der Waals surface area contributed by atoms with Crippen molar-refractivity contribution in [1.29, 1.82) is 0 Å². The van der Waals surface area contributed by atoms with Gasteiger partial charge in [-0.15, -0.1) is 0 Å². The number of halogens is 1. The summed E-state index contributed by atoms with van der Waals surface area (Å²) in [6.07, 6.45) is 0.976. The standard InChI is InChI=1S/C19H28FNO5/c1-18(2,3)26-17(25)21-13-19(16(23)24,11-7-4-8-12-22)14-9-5-6-10-15(14)20/h5-6,9-10,22H,4,7-8,11-13H2,1-3H3,(H,21,25)(H,23,24). The van der Waals surface area contributed by atoms with Crippen molar-refractivity contribution in [2.75, 3.05) is 13.2 Å². The molecule has 146 valence electrons. The van der Waals surface area contributed by atoms with E-state index in [4.69, 9.17) is 9.84 Å². The first-order chi connectivity index (χ1) is 12.1. The molecule has 1 amide bonds. The highest BCUT2D eigenvalue weighted by molar-refractivity contribution is 5.83. The van der Waals surface area contributed by atoms with Crippen molar-refractivity contribution in [2.24, 2.45) is 0 Å². The van der Waals surface area contributed by atoms with Gasteiger partial charge in [0, 0.05) is 18.7 Å². The summed E-state index contributed by atoms with van der Waals surface area (Å²) >= 11 is 0. The van der Waals surface area contributed by atoms with Gasteiger partial charge in [-0.2, -0.15) is 0 Å². The van der Waals surface area contributed by atoms with Crippen LogP contribution in [-0.2, 0) is 14.9 Å². The smallest absolute Gasteiger partial charge is 0.407 e. The van der Waals surface area contributed by atoms with Gasteiger partial charge in [-0.25, -0.2) is 9.18 Å². The molecule has 0 aliphatic rings. The van der Waals surface area contributed by atoms with E-state index in [-0.39, 0.29) is 25.1 Å². The minimum absolute atomic E-state index is 0.00985. The van der Waals surface area contributed by atoms with E-state index in [2.05, 4.69) is 5.32 Å². The molecule has 7 heteroatoms. The largest absolute Gasteiger partial charge is 0.481 e. The highest BCUT2D eigenvalue weighted by Gasteiger charge is 2.42. The average molecular weight is 369 g/mol. The van der Waals surface area contributed by atoms with E-state index in [1.807, 2.05) is 0 Å². The lowest BCUT2D eigenvalue weighted by Gasteiger charge is -2.31. The number of aliphatic hydroxyl groups excluding tert-OH is 1. The second-order valence-corrected chi connectivity index (χ2v) is 7.26. The maximum absolute atomic E-state index is 14.4. The Morgan fingerprint density at radius 1 is 1.15 bits per heavy atom. The summed E-state index contributed by atoms with van der Waals surface area (Å²) in [6, 6.07) is 5.68. The van der Waals surface area contributed by atoms with Gasteiger partial charge in [0.15, 0.2) is 0 Å². The van der Waals surface area contributed by atoms with E-state index < -0.39 is 28.9 Å². The van der Waals surface area contributed by atoms with Crippen LogP contribution in [0.15, 0.2) is 24.3 Å². The molecule has 0 aliphatic carbocycles. The Morgan fingerprint density at radius 3 is 2.35 bits per heavy atom. The molecule has 0 fully saturated rings. The third-order valence-corrected chi connectivity index (χ3v) is 3.99. The number of unbranched alkanes of at least 4 members (excludes halogenated alkanes) is 2. The van der Waals surface area contributed by atoms with Crippen LogP contribution in [0, 0.1) is 5.82 Å². The maximum atomic E-state index is 14.4. The number of amides is 1. The van der Waals surface area contributed by atoms with Crippen LogP contribution >= 0.6 is 0 Å². The van der Waals surface area contributed by atoms with E-state index in [9.17, 15) is 19.1 Å². The van der Waals surface area contributed by atoms with Gasteiger partial charge >= 0.3 is 12.1 Å². The summed E-state index contributed by atoms with van der Waals surface area (Å²) in [5, 5.41) is 21.3. The van der Waals surface area contributed by atoms with Crippen molar-refractivity contribution in [3.63, 3.8) is 0 Å². The molecule has 1 aromatic carbocycles. The molecule has 0 radical (unpaired) electrons. The fourth-order valence-electron chi connectivity index (χ4n) is 2.72. The predicted molar refractivity (Wildman–Crippen MR) is 95.5 cm³/mol. The van der Waals surface area contributed by atoms with Gasteiger partial charge in [-0.3, -0.25) is 4.79 Å². The van der Waals surface area contributed by atoms with Crippen molar-refractivity contribution in [3.8, 4) is 0 Å². The van der Waals surface area contributed by atoms with Crippen LogP contribution in [0.3, 0.4) is 0 Å². The second kappa shape index (κ2) is 9.52. The first-order valence-electron chi connectivity index (χ1n) is 8.68. The molecule has 0 heterocycles. The van der Waals surface area contributed by atoms with E-state index >= 15 is 0 Å². The number of nitrogens with one attached hydrogen (secondary N) is 1. The topological polar surface area (TPSA) is 95.9 Å². The van der Waals surface area contributed by atoms with E-state index in [1.165, 1.54) is 18.2 Å². The first kappa shape index (κ1) is 21.9. The number of aliphatic carboxylic acids is 1. The lowest BCUT2D eigenvalue weighted by molar-refractivity contribution is -0.144. The van der Waals surface area contributed by atoms with Crippen molar-refractivity contribution < 1.29 is 28.9 Å². The van der Waals surface area contributed by atoms with Crippen LogP contribution in [0.2, 0.25) is 0 Å². The molecule has 6 nitrogen and oxygen atoms in total. The van der Waals surface area contributed by atoms with Crippen LogP contribution < -0.4 is 5.32 Å². The minimum atomic E-state index is -1.61. The molecule has 1 aromatic rings. The molecule has 0 saturated heterocycles. The number of carbonyl (C=O) groups is 2. The SMILES string of the molecule is CC(C)(C)OC(=O)NCC(CCCCCO)(C(=O)O)c1ccccc1F. The zero-order valence-corrected chi connectivity index (χ0v) is 15.5. The predicted octanol–water partition coefficient (Wildman–Crippen LogP) is 3.23. The Labute approximate surface area is 153 Å². The summed E-state index contributed by atoms with van der Waals surface area (Å²) in [6.45, 7) is 4.81. The third kappa shape index (κ3) is 6.29. The molecule has 1 rings (SSSR count). The molecule has 3 N–H and O–H groups in total. The zero-order chi connectivity index (χ0) is 19.8. The van der Waals surface area contributed by atoms with Gasteiger partial charge < -0.3 is 20.3 Å². The summed E-state index contributed by atoms with van der Waals surface area (Å²) in [7, 11) is 0. The normalized spacial score (nSPS) is 13.7. The fraction of sp³-hybridized carbons (Fsp3) is 0.579. The number of benzene rings is 1. The molecule has 0 aliphatic heterocycles. The number of hydrogen-bond acceptors (Lipinski definition) is 4. The molecule has 0 bridgehead atoms. The molecular weight excluding hydrogens is 341 g/mol. The molecule has 0 aromatic heterocycles. The van der Waals surface area contributed by atoms with Crippen molar-refractivity contribution in [3.05, 3.63) is 35.6 Å². The van der Waals surface area contributed by atoms with E-state index in [0.717, 1.165) is 0 Å². The Morgan fingerprint density at radius 2 is 1.81 bits per heavy atom. The number of hydrogen-bond donors (Lipinski definition) is 3. The molecule has 0 spiro atoms. The van der Waals surface area contributed by atoms with Gasteiger partial charge in [-0.1, -0.05) is 31.0 Å². The summed E-state index contributed by atoms with van der Waals surface area (Å²) in [4.78, 5) is 24.1. The van der Waals surface area contributed by atoms with Crippen molar-refractivity contribution in [1.82, 2.24) is 5.32 Å². The maximum Gasteiger partial charge on any atom is 0.407 e. The highest BCUT2D eigenvalue weighted by atomic mass is 19.1. The van der Waals surface area contributed by atoms with Crippen LogP contribution in [0.5, 0.6) is 0 Å². The molecule has 26 heavy (non-hydrogen) atoms. The number of carbonyl (C=O) groups excluding carboxylic acids is 1. The lowest BCUT2D eigenvalue weighted by atomic mass is 9.75. The van der Waals surface area contributed by atoms with Crippen LogP contribution in [0.4, 0.5) is 9.18 Å². The van der Waals surface area contributed by atoms with Crippen LogP contribution in [-0.4, -0.2) is 41.0 Å². The second-order valence-electron chi connectivity index (χ2n) is 7.26. The average Bonchev–Trinajstić information content (AvgIpc) is 2.53. The number of ether oxygens (including phenoxy) is 1. The number of aliphatic hydroxyl groups is 1. The van der Waals surface area contributed by atoms with E-state index in [0.29, 0.717) is 19.3 Å². The Bertz CT molecular complexity index is 614. The Balaban J connectivity index is 3.08. The van der Waals surface area contributed by atoms with Gasteiger partial charge in [0.1, 0.15) is 16.8 Å². The Kier molecular flexibility index (Phi) is 8.02. The minimum Gasteiger partial charge on any atom is -0.481 e. The number of carboxylic acid groups (broad SMARTS) is 1. The zero-order valence-electron chi connectivity index (χ0n) is 15.5. The van der Waals surface area contributed by atoms with Crippen molar-refractivity contribution in [2.45, 2.75) is 57.5 Å².